The minimum absolute atomic E-state index is 0.0133. The van der Waals surface area contributed by atoms with Crippen LogP contribution in [0.4, 0.5) is 23.2 Å². The molecule has 1 amide bonds. The number of sulfone groups is 1. The minimum atomic E-state index is -4.65. The second-order valence-electron chi connectivity index (χ2n) is 8.16. The van der Waals surface area contributed by atoms with Crippen LogP contribution in [0.15, 0.2) is 83.9 Å². The van der Waals surface area contributed by atoms with Crippen molar-refractivity contribution in [3.05, 3.63) is 96.1 Å². The highest BCUT2D eigenvalue weighted by molar-refractivity contribution is 7.91. The maximum atomic E-state index is 13.7. The van der Waals surface area contributed by atoms with Gasteiger partial charge in [-0.25, -0.2) is 17.5 Å². The lowest BCUT2D eigenvalue weighted by molar-refractivity contribution is -0.141. The molecule has 12 heteroatoms. The van der Waals surface area contributed by atoms with Crippen LogP contribution in [-0.4, -0.2) is 29.9 Å². The Balaban J connectivity index is 1.58. The summed E-state index contributed by atoms with van der Waals surface area (Å²) in [7, 11) is -3.37. The molecule has 4 rings (SSSR count). The third kappa shape index (κ3) is 6.38. The molecule has 0 bridgehead atoms. The summed E-state index contributed by atoms with van der Waals surface area (Å²) in [6.45, 7) is 1.54. The molecule has 0 unspecified atom stereocenters. The fourth-order valence-electron chi connectivity index (χ4n) is 3.50. The zero-order chi connectivity index (χ0) is 27.5. The number of benzene rings is 3. The third-order valence-corrected chi connectivity index (χ3v) is 7.17. The summed E-state index contributed by atoms with van der Waals surface area (Å²) >= 11 is 0. The Hall–Kier alpha value is -4.19. The van der Waals surface area contributed by atoms with Crippen molar-refractivity contribution in [2.75, 3.05) is 11.1 Å². The monoisotopic (exact) mass is 547 g/mol. The van der Waals surface area contributed by atoms with Crippen molar-refractivity contribution in [3.8, 4) is 17.2 Å². The molecule has 0 spiro atoms. The molecule has 0 aliphatic rings. The normalized spacial score (nSPS) is 11.8. The highest BCUT2D eigenvalue weighted by Crippen LogP contribution is 2.33. The summed E-state index contributed by atoms with van der Waals surface area (Å²) in [6.07, 6.45) is -3.61. The number of carbonyl (C=O) groups is 1. The van der Waals surface area contributed by atoms with Gasteiger partial charge in [-0.05, 0) is 48.0 Å². The Labute approximate surface area is 215 Å². The van der Waals surface area contributed by atoms with Gasteiger partial charge in [0.25, 0.3) is 0 Å². The van der Waals surface area contributed by atoms with Crippen LogP contribution >= 0.6 is 0 Å². The van der Waals surface area contributed by atoms with E-state index in [1.54, 1.807) is 12.1 Å². The van der Waals surface area contributed by atoms with E-state index >= 15 is 0 Å². The Morgan fingerprint density at radius 2 is 1.76 bits per heavy atom. The number of alkyl halides is 3. The van der Waals surface area contributed by atoms with Gasteiger partial charge in [0.15, 0.2) is 21.3 Å². The Bertz CT molecular complexity index is 1570. The summed E-state index contributed by atoms with van der Waals surface area (Å²) in [5.41, 5.74) is -0.153. The van der Waals surface area contributed by atoms with Gasteiger partial charge in [0, 0.05) is 24.0 Å². The van der Waals surface area contributed by atoms with Crippen LogP contribution < -0.4 is 10.1 Å². The summed E-state index contributed by atoms with van der Waals surface area (Å²) in [5.74, 6) is -0.957. The second kappa shape index (κ2) is 10.7. The predicted molar refractivity (Wildman–Crippen MR) is 132 cm³/mol. The number of rotatable bonds is 8. The number of nitrogens with one attached hydrogen (secondary N) is 1. The van der Waals surface area contributed by atoms with Gasteiger partial charge in [-0.3, -0.25) is 4.79 Å². The smallest absolute Gasteiger partial charge is 0.435 e. The molecule has 38 heavy (non-hydrogen) atoms. The minimum Gasteiger partial charge on any atom is -0.455 e. The molecule has 0 atom stereocenters. The van der Waals surface area contributed by atoms with Gasteiger partial charge in [0.05, 0.1) is 17.1 Å². The molecule has 0 fully saturated rings. The number of amides is 1. The number of aromatic nitrogens is 2. The molecule has 0 radical (unpaired) electrons. The van der Waals surface area contributed by atoms with Gasteiger partial charge in [0.1, 0.15) is 17.3 Å². The largest absolute Gasteiger partial charge is 0.455 e. The van der Waals surface area contributed by atoms with Crippen molar-refractivity contribution >= 4 is 21.4 Å². The Morgan fingerprint density at radius 1 is 1.03 bits per heavy atom. The number of halogens is 4. The van der Waals surface area contributed by atoms with Crippen LogP contribution in [0.2, 0.25) is 0 Å². The van der Waals surface area contributed by atoms with E-state index in [-0.39, 0.29) is 39.9 Å². The summed E-state index contributed by atoms with van der Waals surface area (Å²) in [4.78, 5) is 12.8. The van der Waals surface area contributed by atoms with Crippen LogP contribution in [0.3, 0.4) is 0 Å². The predicted octanol–water partition coefficient (Wildman–Crippen LogP) is 5.80. The highest BCUT2D eigenvalue weighted by Gasteiger charge is 2.34. The first-order valence-electron chi connectivity index (χ1n) is 11.3. The van der Waals surface area contributed by atoms with E-state index in [0.29, 0.717) is 5.56 Å². The van der Waals surface area contributed by atoms with Crippen LogP contribution in [-0.2, 0) is 27.2 Å². The fraction of sp³-hybridized carbons (Fsp3) is 0.154. The van der Waals surface area contributed by atoms with Crippen molar-refractivity contribution in [3.63, 3.8) is 0 Å². The van der Waals surface area contributed by atoms with Gasteiger partial charge in [-0.2, -0.15) is 18.3 Å². The average Bonchev–Trinajstić information content (AvgIpc) is 3.35. The van der Waals surface area contributed by atoms with Crippen LogP contribution in [0, 0.1) is 5.82 Å². The van der Waals surface area contributed by atoms with E-state index in [1.807, 2.05) is 0 Å². The lowest BCUT2D eigenvalue weighted by Gasteiger charge is -2.14. The van der Waals surface area contributed by atoms with E-state index in [4.69, 9.17) is 4.74 Å². The fourth-order valence-corrected chi connectivity index (χ4v) is 4.39. The summed E-state index contributed by atoms with van der Waals surface area (Å²) in [5, 5.41) is 6.23. The molecule has 3 aromatic carbocycles. The molecule has 0 saturated carbocycles. The molecular weight excluding hydrogens is 526 g/mol. The zero-order valence-corrected chi connectivity index (χ0v) is 20.7. The maximum absolute atomic E-state index is 13.7. The molecule has 198 valence electrons. The Kier molecular flexibility index (Phi) is 7.53. The number of nitrogens with zero attached hydrogens (tertiary/aromatic N) is 2. The van der Waals surface area contributed by atoms with Gasteiger partial charge in [-0.1, -0.05) is 25.1 Å². The van der Waals surface area contributed by atoms with Gasteiger partial charge >= 0.3 is 6.18 Å². The summed E-state index contributed by atoms with van der Waals surface area (Å²) in [6, 6.07) is 16.2. The van der Waals surface area contributed by atoms with Crippen molar-refractivity contribution in [1.29, 1.82) is 0 Å². The number of hydrogen-bond acceptors (Lipinski definition) is 5. The van der Waals surface area contributed by atoms with Gasteiger partial charge in [0.2, 0.25) is 5.91 Å². The standard InChI is InChI=1S/C26H21F4N3O4S/c1-2-38(35,36)21-9-6-17(7-10-21)14-25(34)31-19-8-11-22(33-13-12-24(32-33)26(28,29)30)23(16-19)37-20-5-3-4-18(27)15-20/h3-13,15-16H,2,14H2,1H3,(H,31,34). The second-order valence-corrected chi connectivity index (χ2v) is 10.4. The van der Waals surface area contributed by atoms with E-state index < -0.39 is 33.4 Å². The number of hydrogen-bond donors (Lipinski definition) is 1. The van der Waals surface area contributed by atoms with Crippen molar-refractivity contribution < 1.29 is 35.5 Å². The third-order valence-electron chi connectivity index (χ3n) is 5.42. The van der Waals surface area contributed by atoms with E-state index in [1.165, 1.54) is 55.5 Å². The van der Waals surface area contributed by atoms with Gasteiger partial charge in [-0.15, -0.1) is 0 Å². The lowest BCUT2D eigenvalue weighted by atomic mass is 10.1. The molecule has 7 nitrogen and oxygen atoms in total. The topological polar surface area (TPSA) is 90.3 Å². The first-order valence-corrected chi connectivity index (χ1v) is 12.9. The molecule has 1 aromatic heterocycles. The lowest BCUT2D eigenvalue weighted by Crippen LogP contribution is -2.15. The number of anilines is 1. The van der Waals surface area contributed by atoms with Gasteiger partial charge < -0.3 is 10.1 Å². The van der Waals surface area contributed by atoms with Crippen LogP contribution in [0.5, 0.6) is 11.5 Å². The maximum Gasteiger partial charge on any atom is 0.435 e. The molecular formula is C26H21F4N3O4S. The van der Waals surface area contributed by atoms with E-state index in [0.717, 1.165) is 23.0 Å². The van der Waals surface area contributed by atoms with E-state index in [9.17, 15) is 30.8 Å². The van der Waals surface area contributed by atoms with Crippen molar-refractivity contribution in [2.45, 2.75) is 24.4 Å². The zero-order valence-electron chi connectivity index (χ0n) is 19.9. The highest BCUT2D eigenvalue weighted by atomic mass is 32.2. The van der Waals surface area contributed by atoms with Crippen LogP contribution in [0.25, 0.3) is 5.69 Å². The van der Waals surface area contributed by atoms with Crippen molar-refractivity contribution in [2.24, 2.45) is 0 Å². The summed E-state index contributed by atoms with van der Waals surface area (Å²) < 4.78 is 83.5. The van der Waals surface area contributed by atoms with Crippen LogP contribution in [0.1, 0.15) is 18.2 Å². The molecule has 4 aromatic rings. The molecule has 0 saturated heterocycles. The molecule has 1 N–H and O–H groups in total. The molecule has 0 aliphatic heterocycles. The average molecular weight is 548 g/mol. The molecule has 1 heterocycles. The first kappa shape index (κ1) is 26.9. The molecule has 0 aliphatic carbocycles. The Morgan fingerprint density at radius 3 is 2.39 bits per heavy atom. The number of carbonyl (C=O) groups excluding carboxylic acids is 1. The van der Waals surface area contributed by atoms with Crippen molar-refractivity contribution in [1.82, 2.24) is 9.78 Å². The first-order chi connectivity index (χ1) is 17.9. The SMILES string of the molecule is CCS(=O)(=O)c1ccc(CC(=O)Nc2ccc(-n3ccc(C(F)(F)F)n3)c(Oc3cccc(F)c3)c2)cc1. The van der Waals surface area contributed by atoms with E-state index in [2.05, 4.69) is 10.4 Å². The quantitative estimate of drug-likeness (QED) is 0.282. The number of ether oxygens (including phenoxy) is 1.